The highest BCUT2D eigenvalue weighted by Gasteiger charge is 2.17. The van der Waals surface area contributed by atoms with Gasteiger partial charge in [0.25, 0.3) is 10.0 Å². The Morgan fingerprint density at radius 3 is 2.93 bits per heavy atom. The van der Waals surface area contributed by atoms with Crippen molar-refractivity contribution in [2.75, 3.05) is 11.9 Å². The topological polar surface area (TPSA) is 107 Å². The van der Waals surface area contributed by atoms with Crippen molar-refractivity contribution < 1.29 is 8.42 Å². The van der Waals surface area contributed by atoms with E-state index < -0.39 is 10.0 Å². The van der Waals surface area contributed by atoms with Gasteiger partial charge in [-0.25, -0.2) is 13.4 Å². The van der Waals surface area contributed by atoms with E-state index in [2.05, 4.69) is 26.1 Å². The average Bonchev–Trinajstić information content (AvgIpc) is 2.95. The molecule has 28 heavy (non-hydrogen) atoms. The minimum Gasteiger partial charge on any atom is -0.360 e. The summed E-state index contributed by atoms with van der Waals surface area (Å²) in [5.41, 5.74) is 1.80. The first-order chi connectivity index (χ1) is 13.5. The number of rotatable bonds is 5. The number of nitrogens with one attached hydrogen (secondary N) is 2. The maximum atomic E-state index is 12.7. The Labute approximate surface area is 168 Å². The van der Waals surface area contributed by atoms with Gasteiger partial charge in [-0.15, -0.1) is 11.3 Å². The minimum atomic E-state index is -3.71. The lowest BCUT2D eigenvalue weighted by molar-refractivity contribution is 0.592. The molecule has 2 aromatic rings. The zero-order valence-corrected chi connectivity index (χ0v) is 17.1. The number of thiazole rings is 1. The van der Waals surface area contributed by atoms with E-state index in [9.17, 15) is 13.7 Å². The van der Waals surface area contributed by atoms with Gasteiger partial charge in [-0.2, -0.15) is 5.26 Å². The van der Waals surface area contributed by atoms with Crippen LogP contribution in [0, 0.1) is 18.3 Å². The molecule has 2 heterocycles. The highest BCUT2D eigenvalue weighted by atomic mass is 32.2. The molecular formula is C19H21N5O2S2. The zero-order chi connectivity index (χ0) is 20.0. The number of aliphatic imine (C=N–C) groups is 1. The Kier molecular flexibility index (Phi) is 6.44. The van der Waals surface area contributed by atoms with Gasteiger partial charge in [-0.1, -0.05) is 12.5 Å². The highest BCUT2D eigenvalue weighted by molar-refractivity contribution is 7.90. The Morgan fingerprint density at radius 2 is 2.18 bits per heavy atom. The third-order valence-corrected chi connectivity index (χ3v) is 6.50. The summed E-state index contributed by atoms with van der Waals surface area (Å²) in [5, 5.41) is 14.8. The predicted molar refractivity (Wildman–Crippen MR) is 112 cm³/mol. The van der Waals surface area contributed by atoms with Crippen LogP contribution in [0.1, 0.15) is 36.4 Å². The van der Waals surface area contributed by atoms with Crippen LogP contribution in [-0.4, -0.2) is 25.8 Å². The number of aryl methyl sites for hydroxylation is 1. The Bertz CT molecular complexity index is 1050. The van der Waals surface area contributed by atoms with Crippen LogP contribution >= 0.6 is 11.3 Å². The monoisotopic (exact) mass is 415 g/mol. The molecule has 7 nitrogen and oxygen atoms in total. The van der Waals surface area contributed by atoms with E-state index in [0.29, 0.717) is 35.1 Å². The van der Waals surface area contributed by atoms with Crippen LogP contribution in [0.25, 0.3) is 5.57 Å². The van der Waals surface area contributed by atoms with Crippen molar-refractivity contribution in [2.45, 2.75) is 37.5 Å². The van der Waals surface area contributed by atoms with Crippen LogP contribution in [0.15, 0.2) is 45.7 Å². The summed E-state index contributed by atoms with van der Waals surface area (Å²) in [7, 11) is -3.71. The first-order valence-corrected chi connectivity index (χ1v) is 11.3. The molecule has 0 aliphatic carbocycles. The summed E-state index contributed by atoms with van der Waals surface area (Å²) in [6.45, 7) is 2.51. The van der Waals surface area contributed by atoms with E-state index in [1.54, 1.807) is 12.1 Å². The van der Waals surface area contributed by atoms with Gasteiger partial charge in [0.2, 0.25) is 0 Å². The van der Waals surface area contributed by atoms with Gasteiger partial charge >= 0.3 is 0 Å². The summed E-state index contributed by atoms with van der Waals surface area (Å²) in [6, 6.07) is 8.55. The van der Waals surface area contributed by atoms with E-state index in [1.807, 2.05) is 12.3 Å². The average molecular weight is 416 g/mol. The van der Waals surface area contributed by atoms with E-state index in [1.165, 1.54) is 29.7 Å². The van der Waals surface area contributed by atoms with Crippen LogP contribution in [0.5, 0.6) is 0 Å². The van der Waals surface area contributed by atoms with Crippen LogP contribution in [0.2, 0.25) is 0 Å². The van der Waals surface area contributed by atoms with Gasteiger partial charge in [-0.05, 0) is 38.0 Å². The molecule has 0 spiro atoms. The van der Waals surface area contributed by atoms with Gasteiger partial charge < -0.3 is 5.32 Å². The first kappa shape index (κ1) is 20.0. The number of nitriles is 1. The molecule has 1 aliphatic rings. The maximum Gasteiger partial charge on any atom is 0.262 e. The van der Waals surface area contributed by atoms with Crippen LogP contribution in [-0.2, 0) is 10.0 Å². The second kappa shape index (κ2) is 8.99. The van der Waals surface area contributed by atoms with Crippen molar-refractivity contribution in [2.24, 2.45) is 4.99 Å². The van der Waals surface area contributed by atoms with E-state index in [-0.39, 0.29) is 4.90 Å². The molecule has 3 rings (SSSR count). The fourth-order valence-corrected chi connectivity index (χ4v) is 4.60. The van der Waals surface area contributed by atoms with Crippen LogP contribution in [0.3, 0.4) is 0 Å². The number of benzene rings is 1. The molecule has 0 fully saturated rings. The third kappa shape index (κ3) is 5.18. The number of nitrogens with zero attached hydrogens (tertiary/aromatic N) is 3. The largest absolute Gasteiger partial charge is 0.360 e. The van der Waals surface area contributed by atoms with E-state index >= 15 is 0 Å². The lowest BCUT2D eigenvalue weighted by atomic mass is 10.2. The standard InChI is InChI=1S/C19H21N5O2S2/c1-14-13-27-19(23-14)15(11-20)12-22-16-6-5-7-17(10-16)28(25,26)24-18-8-3-2-4-9-21-18/h5-7,10,12-13,22H,2-4,8-9H2,1H3,(H,21,24)/b15-12+. The highest BCUT2D eigenvalue weighted by Crippen LogP contribution is 2.20. The number of hydrogen-bond donors (Lipinski definition) is 2. The number of anilines is 1. The van der Waals surface area contributed by atoms with Gasteiger partial charge in [-0.3, -0.25) is 9.71 Å². The van der Waals surface area contributed by atoms with Crippen LogP contribution < -0.4 is 10.0 Å². The van der Waals surface area contributed by atoms with Crippen molar-refractivity contribution in [1.29, 1.82) is 5.26 Å². The molecule has 0 saturated heterocycles. The Hall–Kier alpha value is -2.70. The molecule has 1 aromatic heterocycles. The Balaban J connectivity index is 1.77. The second-order valence-corrected chi connectivity index (χ2v) is 8.92. The number of amidine groups is 1. The molecule has 0 saturated carbocycles. The van der Waals surface area contributed by atoms with Crippen molar-refractivity contribution in [3.63, 3.8) is 0 Å². The van der Waals surface area contributed by atoms with Gasteiger partial charge in [0.1, 0.15) is 22.5 Å². The van der Waals surface area contributed by atoms with E-state index in [0.717, 1.165) is 25.0 Å². The van der Waals surface area contributed by atoms with Gasteiger partial charge in [0.05, 0.1) is 4.90 Å². The molecule has 2 N–H and O–H groups in total. The molecule has 0 amide bonds. The summed E-state index contributed by atoms with van der Waals surface area (Å²) in [6.07, 6.45) is 5.14. The maximum absolute atomic E-state index is 12.7. The lowest BCUT2D eigenvalue weighted by Gasteiger charge is -2.11. The molecule has 0 unspecified atom stereocenters. The van der Waals surface area contributed by atoms with Crippen LogP contribution in [0.4, 0.5) is 5.69 Å². The molecule has 0 atom stereocenters. The summed E-state index contributed by atoms with van der Waals surface area (Å²) in [4.78, 5) is 8.75. The molecule has 146 valence electrons. The van der Waals surface area contributed by atoms with Gasteiger partial charge in [0.15, 0.2) is 0 Å². The molecule has 0 bridgehead atoms. The van der Waals surface area contributed by atoms with Crippen molar-refractivity contribution in [1.82, 2.24) is 9.71 Å². The quantitative estimate of drug-likeness (QED) is 0.725. The predicted octanol–water partition coefficient (Wildman–Crippen LogP) is 3.68. The molecule has 9 heteroatoms. The summed E-state index contributed by atoms with van der Waals surface area (Å²) < 4.78 is 28.0. The summed E-state index contributed by atoms with van der Waals surface area (Å²) >= 11 is 1.38. The normalized spacial score (nSPS) is 15.3. The molecular weight excluding hydrogens is 394 g/mol. The molecule has 1 aromatic carbocycles. The number of aromatic nitrogens is 1. The third-order valence-electron chi connectivity index (χ3n) is 4.12. The number of sulfonamides is 1. The molecule has 1 aliphatic heterocycles. The van der Waals surface area contributed by atoms with E-state index in [4.69, 9.17) is 0 Å². The lowest BCUT2D eigenvalue weighted by Crippen LogP contribution is -2.30. The minimum absolute atomic E-state index is 0.140. The fourth-order valence-electron chi connectivity index (χ4n) is 2.70. The smallest absolute Gasteiger partial charge is 0.262 e. The SMILES string of the molecule is Cc1csc(/C(C#N)=C/Nc2cccc(S(=O)(=O)NC3=NCCCCC3)c2)n1. The van der Waals surface area contributed by atoms with Crippen molar-refractivity contribution in [3.8, 4) is 6.07 Å². The second-order valence-electron chi connectivity index (χ2n) is 6.38. The number of hydrogen-bond acceptors (Lipinski definition) is 7. The van der Waals surface area contributed by atoms with Gasteiger partial charge in [0, 0.05) is 35.9 Å². The van der Waals surface area contributed by atoms with Crippen molar-refractivity contribution in [3.05, 3.63) is 46.5 Å². The number of allylic oxidation sites excluding steroid dienone is 1. The summed E-state index contributed by atoms with van der Waals surface area (Å²) in [5.74, 6) is 0.515. The van der Waals surface area contributed by atoms with Crippen molar-refractivity contribution >= 4 is 38.5 Å². The first-order valence-electron chi connectivity index (χ1n) is 8.93. The Morgan fingerprint density at radius 1 is 1.32 bits per heavy atom. The molecule has 0 radical (unpaired) electrons. The zero-order valence-electron chi connectivity index (χ0n) is 15.5. The fraction of sp³-hybridized carbons (Fsp3) is 0.316.